The van der Waals surface area contributed by atoms with Gasteiger partial charge in [0.15, 0.2) is 0 Å². The van der Waals surface area contributed by atoms with Crippen LogP contribution in [-0.4, -0.2) is 69.6 Å². The van der Waals surface area contributed by atoms with Crippen molar-refractivity contribution in [2.45, 2.75) is 206 Å². The molecule has 0 aromatic rings. The van der Waals surface area contributed by atoms with Crippen LogP contribution in [0.2, 0.25) is 0 Å². The number of hydroxylamine groups is 4. The maximum atomic E-state index is 13.0. The molecule has 0 amide bonds. The lowest BCUT2D eigenvalue weighted by molar-refractivity contribution is -0.304. The van der Waals surface area contributed by atoms with Crippen molar-refractivity contribution in [2.75, 3.05) is 13.2 Å². The van der Waals surface area contributed by atoms with Gasteiger partial charge in [0.2, 0.25) is 0 Å². The summed E-state index contributed by atoms with van der Waals surface area (Å²) in [6.07, 6.45) is 14.4. The number of piperidine rings is 2. The van der Waals surface area contributed by atoms with E-state index in [1.165, 1.54) is 38.5 Å². The third kappa shape index (κ3) is 11.2. The molecule has 2 atom stereocenters. The molecular weight excluding hydrogens is 556 g/mol. The van der Waals surface area contributed by atoms with Gasteiger partial charge < -0.3 is 9.47 Å². The summed E-state index contributed by atoms with van der Waals surface area (Å²) in [4.78, 5) is 38.6. The van der Waals surface area contributed by atoms with Gasteiger partial charge >= 0.3 is 11.9 Å². The Labute approximate surface area is 270 Å². The molecule has 2 fully saturated rings. The van der Waals surface area contributed by atoms with E-state index in [-0.39, 0.29) is 48.1 Å². The van der Waals surface area contributed by atoms with E-state index in [1.54, 1.807) is 0 Å². The first-order chi connectivity index (χ1) is 20.6. The number of carbonyl (C=O) groups excluding carboxylic acids is 2. The van der Waals surface area contributed by atoms with Gasteiger partial charge in [0.1, 0.15) is 12.2 Å². The van der Waals surface area contributed by atoms with E-state index < -0.39 is 11.1 Å². The van der Waals surface area contributed by atoms with E-state index in [0.29, 0.717) is 13.2 Å². The molecule has 2 saturated heterocycles. The van der Waals surface area contributed by atoms with Crippen molar-refractivity contribution in [1.29, 1.82) is 0 Å². The summed E-state index contributed by atoms with van der Waals surface area (Å²) in [5.41, 5.74) is -1.29. The standard InChI is InChI=1S/C36H68N2O6/c1-11-13-15-17-19-27-41-37-33(3,4)25-23-29(35(37,7)8)43-31(39)21-22-32(40)44-30-24-26-34(5,6)38(36(30,9)10)42-28-20-18-16-14-12-2/h29-30H,11-28H2,1-10H3. The average Bonchev–Trinajstić information content (AvgIpc) is 2.93. The Morgan fingerprint density at radius 3 is 1.25 bits per heavy atom. The molecule has 2 heterocycles. The fourth-order valence-electron chi connectivity index (χ4n) is 7.15. The first kappa shape index (κ1) is 39.0. The van der Waals surface area contributed by atoms with Crippen LogP contribution in [0.5, 0.6) is 0 Å². The number of hydrogen-bond donors (Lipinski definition) is 0. The van der Waals surface area contributed by atoms with Gasteiger partial charge in [-0.1, -0.05) is 65.2 Å². The highest BCUT2D eigenvalue weighted by Crippen LogP contribution is 2.42. The van der Waals surface area contributed by atoms with E-state index in [9.17, 15) is 9.59 Å². The Morgan fingerprint density at radius 2 is 0.909 bits per heavy atom. The molecule has 2 unspecified atom stereocenters. The lowest BCUT2D eigenvalue weighted by atomic mass is 9.79. The first-order valence-corrected chi connectivity index (χ1v) is 17.8. The number of rotatable bonds is 19. The predicted octanol–water partition coefficient (Wildman–Crippen LogP) is 8.70. The van der Waals surface area contributed by atoms with E-state index in [0.717, 1.165) is 51.4 Å². The maximum Gasteiger partial charge on any atom is 0.306 e. The van der Waals surface area contributed by atoms with E-state index in [4.69, 9.17) is 19.1 Å². The van der Waals surface area contributed by atoms with Gasteiger partial charge in [-0.2, -0.15) is 10.1 Å². The van der Waals surface area contributed by atoms with Gasteiger partial charge in [-0.15, -0.1) is 0 Å². The Morgan fingerprint density at radius 1 is 0.568 bits per heavy atom. The van der Waals surface area contributed by atoms with Crippen molar-refractivity contribution in [3.8, 4) is 0 Å². The highest BCUT2D eigenvalue weighted by atomic mass is 16.7. The molecule has 258 valence electrons. The summed E-state index contributed by atoms with van der Waals surface area (Å²) in [7, 11) is 0. The SMILES string of the molecule is CCCCCCCON1C(C)(C)CCC(OC(=O)CCC(=O)OC2CCC(C)(C)N(OCCCCCCC)C2(C)C)C1(C)C. The zero-order valence-corrected chi connectivity index (χ0v) is 30.2. The van der Waals surface area contributed by atoms with Crippen molar-refractivity contribution in [3.05, 3.63) is 0 Å². The normalized spacial score (nSPS) is 24.6. The number of ether oxygens (including phenoxy) is 2. The molecule has 0 saturated carbocycles. The molecule has 0 bridgehead atoms. The van der Waals surface area contributed by atoms with Crippen LogP contribution in [0.25, 0.3) is 0 Å². The summed E-state index contributed by atoms with van der Waals surface area (Å²) in [5.74, 6) is -0.729. The molecular formula is C36H68N2O6. The molecule has 2 rings (SSSR count). The van der Waals surface area contributed by atoms with Crippen LogP contribution >= 0.6 is 0 Å². The van der Waals surface area contributed by atoms with Crippen molar-refractivity contribution in [2.24, 2.45) is 0 Å². The molecule has 8 heteroatoms. The van der Waals surface area contributed by atoms with Crippen LogP contribution in [0, 0.1) is 0 Å². The van der Waals surface area contributed by atoms with Gasteiger partial charge in [-0.05, 0) is 93.9 Å². The highest BCUT2D eigenvalue weighted by molar-refractivity contribution is 5.78. The van der Waals surface area contributed by atoms with E-state index in [1.807, 2.05) is 0 Å². The number of nitrogens with zero attached hydrogens (tertiary/aromatic N) is 2. The van der Waals surface area contributed by atoms with Crippen LogP contribution in [0.4, 0.5) is 0 Å². The minimum atomic E-state index is -0.486. The van der Waals surface area contributed by atoms with Gasteiger partial charge in [-0.25, -0.2) is 0 Å². The molecule has 44 heavy (non-hydrogen) atoms. The number of esters is 2. The maximum absolute atomic E-state index is 13.0. The molecule has 8 nitrogen and oxygen atoms in total. The van der Waals surface area contributed by atoms with Crippen LogP contribution < -0.4 is 0 Å². The lowest BCUT2D eigenvalue weighted by Gasteiger charge is -2.54. The van der Waals surface area contributed by atoms with Gasteiger partial charge in [0.05, 0.1) is 37.1 Å². The molecule has 0 spiro atoms. The molecule has 0 aromatic carbocycles. The predicted molar refractivity (Wildman–Crippen MR) is 177 cm³/mol. The number of hydrogen-bond acceptors (Lipinski definition) is 8. The second-order valence-electron chi connectivity index (χ2n) is 15.6. The third-order valence-corrected chi connectivity index (χ3v) is 9.78. The zero-order chi connectivity index (χ0) is 33.0. The van der Waals surface area contributed by atoms with Crippen molar-refractivity contribution < 1.29 is 28.7 Å². The van der Waals surface area contributed by atoms with Crippen molar-refractivity contribution in [3.63, 3.8) is 0 Å². The third-order valence-electron chi connectivity index (χ3n) is 9.78. The topological polar surface area (TPSA) is 77.5 Å². The first-order valence-electron chi connectivity index (χ1n) is 17.8. The summed E-state index contributed by atoms with van der Waals surface area (Å²) in [6, 6.07) is 0. The summed E-state index contributed by atoms with van der Waals surface area (Å²) < 4.78 is 12.0. The van der Waals surface area contributed by atoms with Crippen LogP contribution in [0.3, 0.4) is 0 Å². The Hall–Kier alpha value is -1.22. The zero-order valence-electron chi connectivity index (χ0n) is 30.2. The van der Waals surface area contributed by atoms with Gasteiger partial charge in [0, 0.05) is 11.1 Å². The minimum Gasteiger partial charge on any atom is -0.460 e. The van der Waals surface area contributed by atoms with Crippen LogP contribution in [-0.2, 0) is 28.7 Å². The largest absolute Gasteiger partial charge is 0.460 e. The van der Waals surface area contributed by atoms with Crippen molar-refractivity contribution in [1.82, 2.24) is 10.1 Å². The van der Waals surface area contributed by atoms with Gasteiger partial charge in [0.25, 0.3) is 0 Å². The molecule has 0 N–H and O–H groups in total. The average molecular weight is 625 g/mol. The number of carbonyl (C=O) groups is 2. The Kier molecular flexibility index (Phi) is 15.6. The lowest BCUT2D eigenvalue weighted by Crippen LogP contribution is -2.65. The van der Waals surface area contributed by atoms with Gasteiger partial charge in [-0.3, -0.25) is 19.3 Å². The minimum absolute atomic E-state index is 0.00368. The Balaban J connectivity index is 1.87. The molecule has 0 radical (unpaired) electrons. The molecule has 0 aliphatic carbocycles. The number of unbranched alkanes of at least 4 members (excludes halogenated alkanes) is 8. The van der Waals surface area contributed by atoms with Crippen molar-refractivity contribution >= 4 is 11.9 Å². The Bertz CT molecular complexity index is 801. The van der Waals surface area contributed by atoms with Crippen LogP contribution in [0.15, 0.2) is 0 Å². The van der Waals surface area contributed by atoms with E-state index in [2.05, 4.69) is 79.4 Å². The summed E-state index contributed by atoms with van der Waals surface area (Å²) in [6.45, 7) is 22.9. The fraction of sp³-hybridized carbons (Fsp3) is 0.944. The fourth-order valence-corrected chi connectivity index (χ4v) is 7.15. The summed E-state index contributed by atoms with van der Waals surface area (Å²) >= 11 is 0. The second-order valence-corrected chi connectivity index (χ2v) is 15.6. The second kappa shape index (κ2) is 17.6. The van der Waals surface area contributed by atoms with Crippen LogP contribution in [0.1, 0.15) is 172 Å². The van der Waals surface area contributed by atoms with E-state index >= 15 is 0 Å². The molecule has 2 aliphatic rings. The summed E-state index contributed by atoms with van der Waals surface area (Å²) in [5, 5.41) is 4.11. The monoisotopic (exact) mass is 625 g/mol. The smallest absolute Gasteiger partial charge is 0.306 e. The molecule has 0 aromatic heterocycles. The highest BCUT2D eigenvalue weighted by Gasteiger charge is 2.51. The quantitative estimate of drug-likeness (QED) is 0.104. The molecule has 2 aliphatic heterocycles.